The van der Waals surface area contributed by atoms with Gasteiger partial charge in [0.25, 0.3) is 0 Å². The van der Waals surface area contributed by atoms with Crippen LogP contribution in [0.5, 0.6) is 0 Å². The predicted octanol–water partition coefficient (Wildman–Crippen LogP) is 1.92. The van der Waals surface area contributed by atoms with Crippen molar-refractivity contribution in [2.75, 3.05) is 13.1 Å². The molecule has 0 spiro atoms. The molecule has 0 aromatic heterocycles. The molecular formula is C14H20N2. The smallest absolute Gasteiger partial charge is 0.0581 e. The van der Waals surface area contributed by atoms with Crippen molar-refractivity contribution in [3.05, 3.63) is 34.9 Å². The summed E-state index contributed by atoms with van der Waals surface area (Å²) in [6.07, 6.45) is 0. The van der Waals surface area contributed by atoms with Crippen molar-refractivity contribution in [3.63, 3.8) is 0 Å². The van der Waals surface area contributed by atoms with E-state index in [0.717, 1.165) is 0 Å². The van der Waals surface area contributed by atoms with Gasteiger partial charge in [-0.25, -0.2) is 0 Å². The van der Waals surface area contributed by atoms with Crippen LogP contribution in [0.1, 0.15) is 29.7 Å². The summed E-state index contributed by atoms with van der Waals surface area (Å²) in [6.45, 7) is 7.34. The van der Waals surface area contributed by atoms with Gasteiger partial charge in [-0.2, -0.15) is 0 Å². The van der Waals surface area contributed by atoms with E-state index in [1.54, 1.807) is 0 Å². The van der Waals surface area contributed by atoms with Gasteiger partial charge in [-0.3, -0.25) is 5.32 Å². The van der Waals surface area contributed by atoms with Gasteiger partial charge in [-0.05, 0) is 31.9 Å². The molecule has 2 heteroatoms. The van der Waals surface area contributed by atoms with Gasteiger partial charge in [0.05, 0.1) is 6.54 Å². The Bertz CT molecular complexity index is 399. The average Bonchev–Trinajstić information content (AvgIpc) is 2.28. The SMILES string of the molecule is CC#CCNC(CN)c1cc(C)ccc1C. The summed E-state index contributed by atoms with van der Waals surface area (Å²) in [7, 11) is 0. The number of hydrogen-bond donors (Lipinski definition) is 2. The lowest BCUT2D eigenvalue weighted by Gasteiger charge is -2.18. The number of rotatable bonds is 4. The first-order valence-electron chi connectivity index (χ1n) is 5.59. The van der Waals surface area contributed by atoms with E-state index in [0.29, 0.717) is 13.1 Å². The van der Waals surface area contributed by atoms with Gasteiger partial charge in [0.15, 0.2) is 0 Å². The highest BCUT2D eigenvalue weighted by Gasteiger charge is 2.10. The molecule has 1 rings (SSSR count). The van der Waals surface area contributed by atoms with E-state index in [-0.39, 0.29) is 6.04 Å². The van der Waals surface area contributed by atoms with Crippen LogP contribution in [-0.2, 0) is 0 Å². The quantitative estimate of drug-likeness (QED) is 0.755. The molecule has 0 heterocycles. The van der Waals surface area contributed by atoms with Crippen molar-refractivity contribution in [2.24, 2.45) is 5.73 Å². The summed E-state index contributed by atoms with van der Waals surface area (Å²) in [5.41, 5.74) is 9.62. The first kappa shape index (κ1) is 12.8. The van der Waals surface area contributed by atoms with E-state index >= 15 is 0 Å². The zero-order chi connectivity index (χ0) is 12.0. The molecule has 2 nitrogen and oxygen atoms in total. The van der Waals surface area contributed by atoms with Crippen molar-refractivity contribution in [3.8, 4) is 11.8 Å². The molecule has 0 radical (unpaired) electrons. The third-order valence-electron chi connectivity index (χ3n) is 2.66. The molecule has 1 atom stereocenters. The van der Waals surface area contributed by atoms with Crippen molar-refractivity contribution >= 4 is 0 Å². The molecule has 0 aliphatic rings. The Morgan fingerprint density at radius 2 is 2.12 bits per heavy atom. The van der Waals surface area contributed by atoms with E-state index in [2.05, 4.69) is 49.2 Å². The number of hydrogen-bond acceptors (Lipinski definition) is 2. The van der Waals surface area contributed by atoms with E-state index in [1.807, 2.05) is 6.92 Å². The van der Waals surface area contributed by atoms with Gasteiger partial charge >= 0.3 is 0 Å². The van der Waals surface area contributed by atoms with Crippen LogP contribution in [0.3, 0.4) is 0 Å². The maximum Gasteiger partial charge on any atom is 0.0581 e. The highest BCUT2D eigenvalue weighted by molar-refractivity contribution is 5.33. The van der Waals surface area contributed by atoms with Crippen LogP contribution in [0.4, 0.5) is 0 Å². The lowest BCUT2D eigenvalue weighted by Crippen LogP contribution is -2.29. The fraction of sp³-hybridized carbons (Fsp3) is 0.429. The van der Waals surface area contributed by atoms with Crippen molar-refractivity contribution < 1.29 is 0 Å². The second-order valence-electron chi connectivity index (χ2n) is 3.96. The maximum absolute atomic E-state index is 5.80. The molecule has 1 aromatic rings. The van der Waals surface area contributed by atoms with Gasteiger partial charge in [0.2, 0.25) is 0 Å². The molecular weight excluding hydrogens is 196 g/mol. The molecule has 0 fully saturated rings. The Kier molecular flexibility index (Phi) is 5.04. The van der Waals surface area contributed by atoms with Crippen LogP contribution < -0.4 is 11.1 Å². The summed E-state index contributed by atoms with van der Waals surface area (Å²) < 4.78 is 0. The van der Waals surface area contributed by atoms with Crippen molar-refractivity contribution in [1.29, 1.82) is 0 Å². The number of nitrogens with one attached hydrogen (secondary N) is 1. The zero-order valence-corrected chi connectivity index (χ0v) is 10.3. The Morgan fingerprint density at radius 3 is 2.75 bits per heavy atom. The van der Waals surface area contributed by atoms with Gasteiger partial charge < -0.3 is 5.73 Å². The van der Waals surface area contributed by atoms with Gasteiger partial charge in [-0.1, -0.05) is 29.7 Å². The molecule has 0 aliphatic heterocycles. The zero-order valence-electron chi connectivity index (χ0n) is 10.3. The van der Waals surface area contributed by atoms with Crippen LogP contribution in [0.25, 0.3) is 0 Å². The first-order valence-corrected chi connectivity index (χ1v) is 5.59. The number of aryl methyl sites for hydroxylation is 2. The van der Waals surface area contributed by atoms with Gasteiger partial charge in [-0.15, -0.1) is 5.92 Å². The number of benzene rings is 1. The molecule has 0 saturated heterocycles. The molecule has 0 aliphatic carbocycles. The lowest BCUT2D eigenvalue weighted by atomic mass is 9.99. The molecule has 16 heavy (non-hydrogen) atoms. The van der Waals surface area contributed by atoms with Gasteiger partial charge in [0, 0.05) is 12.6 Å². The number of nitrogens with two attached hydrogens (primary N) is 1. The fourth-order valence-corrected chi connectivity index (χ4v) is 1.72. The van der Waals surface area contributed by atoms with Crippen LogP contribution in [-0.4, -0.2) is 13.1 Å². The summed E-state index contributed by atoms with van der Waals surface area (Å²) >= 11 is 0. The van der Waals surface area contributed by atoms with Crippen LogP contribution in [0, 0.1) is 25.7 Å². The van der Waals surface area contributed by atoms with Crippen LogP contribution >= 0.6 is 0 Å². The first-order chi connectivity index (χ1) is 7.69. The second-order valence-corrected chi connectivity index (χ2v) is 3.96. The van der Waals surface area contributed by atoms with E-state index in [4.69, 9.17) is 5.73 Å². The Morgan fingerprint density at radius 1 is 1.38 bits per heavy atom. The Hall–Kier alpha value is -1.30. The highest BCUT2D eigenvalue weighted by Crippen LogP contribution is 2.18. The minimum atomic E-state index is 0.195. The Labute approximate surface area is 98.2 Å². The molecule has 0 bridgehead atoms. The predicted molar refractivity (Wildman–Crippen MR) is 69.2 cm³/mol. The minimum Gasteiger partial charge on any atom is -0.329 e. The molecule has 1 aromatic carbocycles. The molecule has 0 saturated carbocycles. The fourth-order valence-electron chi connectivity index (χ4n) is 1.72. The lowest BCUT2D eigenvalue weighted by molar-refractivity contribution is 0.579. The molecule has 3 N–H and O–H groups in total. The monoisotopic (exact) mass is 216 g/mol. The Balaban J connectivity index is 2.84. The van der Waals surface area contributed by atoms with Crippen LogP contribution in [0.15, 0.2) is 18.2 Å². The highest BCUT2D eigenvalue weighted by atomic mass is 14.9. The van der Waals surface area contributed by atoms with Crippen molar-refractivity contribution in [2.45, 2.75) is 26.8 Å². The van der Waals surface area contributed by atoms with E-state index in [1.165, 1.54) is 16.7 Å². The van der Waals surface area contributed by atoms with Gasteiger partial charge in [0.1, 0.15) is 0 Å². The summed E-state index contributed by atoms with van der Waals surface area (Å²) in [6, 6.07) is 6.65. The van der Waals surface area contributed by atoms with E-state index < -0.39 is 0 Å². The maximum atomic E-state index is 5.80. The third-order valence-corrected chi connectivity index (χ3v) is 2.66. The van der Waals surface area contributed by atoms with E-state index in [9.17, 15) is 0 Å². The summed E-state index contributed by atoms with van der Waals surface area (Å²) in [4.78, 5) is 0. The average molecular weight is 216 g/mol. The van der Waals surface area contributed by atoms with Crippen molar-refractivity contribution in [1.82, 2.24) is 5.32 Å². The molecule has 0 amide bonds. The minimum absolute atomic E-state index is 0.195. The standard InChI is InChI=1S/C14H20N2/c1-4-5-8-16-14(10-15)13-9-11(2)6-7-12(13)3/h6-7,9,14,16H,8,10,15H2,1-3H3. The summed E-state index contributed by atoms with van der Waals surface area (Å²) in [5.74, 6) is 5.87. The normalized spacial score (nSPS) is 11.8. The summed E-state index contributed by atoms with van der Waals surface area (Å²) in [5, 5.41) is 3.36. The molecule has 86 valence electrons. The third kappa shape index (κ3) is 3.37. The topological polar surface area (TPSA) is 38.0 Å². The second kappa shape index (κ2) is 6.32. The molecule has 1 unspecified atom stereocenters. The van der Waals surface area contributed by atoms with Crippen LogP contribution in [0.2, 0.25) is 0 Å². The largest absolute Gasteiger partial charge is 0.329 e.